The zero-order valence-corrected chi connectivity index (χ0v) is 19.5. The Labute approximate surface area is 202 Å². The number of amides is 3. The van der Waals surface area contributed by atoms with E-state index in [2.05, 4.69) is 10.3 Å². The van der Waals surface area contributed by atoms with Gasteiger partial charge in [-0.3, -0.25) is 9.69 Å². The Hall–Kier alpha value is -1.77. The van der Waals surface area contributed by atoms with Gasteiger partial charge in [-0.25, -0.2) is 19.1 Å². The van der Waals surface area contributed by atoms with Crippen LogP contribution in [-0.4, -0.2) is 45.1 Å². The maximum absolute atomic E-state index is 14.4. The second-order valence-corrected chi connectivity index (χ2v) is 9.70. The molecule has 1 heterocycles. The van der Waals surface area contributed by atoms with Crippen molar-refractivity contribution in [3.8, 4) is 0 Å². The normalized spacial score (nSPS) is 18.0. The number of aliphatic imine (C=N–C) groups is 1. The lowest BCUT2D eigenvalue weighted by Gasteiger charge is -2.27. The topological polar surface area (TPSA) is 65.0 Å². The van der Waals surface area contributed by atoms with Crippen molar-refractivity contribution in [2.45, 2.75) is 15.3 Å². The van der Waals surface area contributed by atoms with Gasteiger partial charge in [-0.2, -0.15) is 0 Å². The highest BCUT2D eigenvalue weighted by molar-refractivity contribution is 6.70. The van der Waals surface area contributed by atoms with Gasteiger partial charge >= 0.3 is 6.03 Å². The highest BCUT2D eigenvalue weighted by Gasteiger charge is 2.45. The fourth-order valence-corrected chi connectivity index (χ4v) is 3.34. The predicted octanol–water partition coefficient (Wildman–Crippen LogP) is 5.69. The van der Waals surface area contributed by atoms with Crippen LogP contribution in [0.5, 0.6) is 0 Å². The van der Waals surface area contributed by atoms with Gasteiger partial charge in [-0.1, -0.05) is 58.5 Å². The molecule has 0 aliphatic carbocycles. The van der Waals surface area contributed by atoms with Crippen molar-refractivity contribution in [1.82, 2.24) is 4.90 Å². The van der Waals surface area contributed by atoms with E-state index in [0.29, 0.717) is 10.7 Å². The predicted molar refractivity (Wildman–Crippen MR) is 123 cm³/mol. The number of carbonyl (C=O) groups excluding carboxylic acids is 2. The van der Waals surface area contributed by atoms with Gasteiger partial charge in [0.05, 0.1) is 5.69 Å². The minimum atomic E-state index is -1.99. The van der Waals surface area contributed by atoms with E-state index in [4.69, 9.17) is 58.0 Å². The number of nitrogens with one attached hydrogen (secondary N) is 1. The van der Waals surface area contributed by atoms with Crippen LogP contribution in [0.1, 0.15) is 0 Å². The molecule has 1 saturated heterocycles. The average Bonchev–Trinajstić information content (AvgIpc) is 2.92. The highest BCUT2D eigenvalue weighted by Crippen LogP contribution is 2.37. The second-order valence-electron chi connectivity index (χ2n) is 6.43. The van der Waals surface area contributed by atoms with Crippen molar-refractivity contribution < 1.29 is 14.0 Å². The number of urea groups is 1. The van der Waals surface area contributed by atoms with E-state index in [1.807, 2.05) is 0 Å². The Kier molecular flexibility index (Phi) is 7.23. The maximum atomic E-state index is 14.4. The number of likely N-dealkylation sites (N-methyl/N-ethyl adjacent to an activating group) is 1. The quantitative estimate of drug-likeness (QED) is 0.402. The summed E-state index contributed by atoms with van der Waals surface area (Å²) in [4.78, 5) is 31.3. The number of carbonyl (C=O) groups is 2. The molecule has 0 bridgehead atoms. The Balaban J connectivity index is 2.09. The van der Waals surface area contributed by atoms with Crippen LogP contribution < -0.4 is 10.2 Å². The number of benzene rings is 2. The van der Waals surface area contributed by atoms with E-state index in [1.54, 1.807) is 24.3 Å². The summed E-state index contributed by atoms with van der Waals surface area (Å²) in [6.45, 7) is 0. The summed E-state index contributed by atoms with van der Waals surface area (Å²) in [6, 6.07) is 11.1. The molecule has 12 heteroatoms. The fourth-order valence-electron chi connectivity index (χ4n) is 2.73. The van der Waals surface area contributed by atoms with Crippen molar-refractivity contribution in [1.29, 1.82) is 0 Å². The van der Waals surface area contributed by atoms with Crippen molar-refractivity contribution in [2.75, 3.05) is 17.3 Å². The number of anilines is 2. The third-order valence-corrected chi connectivity index (χ3v) is 6.15. The smallest absolute Gasteiger partial charge is 0.337 e. The molecule has 2 unspecified atom stereocenters. The number of para-hydroxylation sites is 1. The molecule has 0 saturated carbocycles. The summed E-state index contributed by atoms with van der Waals surface area (Å²) in [6.07, 6.45) is -1.19. The largest absolute Gasteiger partial charge is 0.362 e. The lowest BCUT2D eigenvalue weighted by Crippen LogP contribution is -2.40. The van der Waals surface area contributed by atoms with E-state index in [-0.39, 0.29) is 11.5 Å². The summed E-state index contributed by atoms with van der Waals surface area (Å²) >= 11 is 30.1. The van der Waals surface area contributed by atoms with Crippen LogP contribution in [0.4, 0.5) is 20.6 Å². The zero-order valence-electron chi connectivity index (χ0n) is 15.7. The first-order chi connectivity index (χ1) is 14.5. The fraction of sp³-hybridized carbons (Fsp3) is 0.211. The standard InChI is InChI=1S/C19H14Cl5FN4O2/c1-28-17(30)16(29(18(28)31)13-5-3-2-4-12(13)25)27-15(14(21)19(22,23)24)26-11-8-6-10(20)7-9-11/h2-9,14-15,26H,1H3. The molecule has 0 spiro atoms. The maximum Gasteiger partial charge on any atom is 0.337 e. The summed E-state index contributed by atoms with van der Waals surface area (Å²) < 4.78 is 12.4. The lowest BCUT2D eigenvalue weighted by molar-refractivity contribution is -0.119. The monoisotopic (exact) mass is 524 g/mol. The van der Waals surface area contributed by atoms with Crippen LogP contribution in [0.2, 0.25) is 5.02 Å². The van der Waals surface area contributed by atoms with Crippen LogP contribution in [0.3, 0.4) is 0 Å². The number of rotatable bonds is 5. The molecule has 1 N–H and O–H groups in total. The van der Waals surface area contributed by atoms with Gasteiger partial charge in [0.15, 0.2) is 0 Å². The number of nitrogens with zero attached hydrogens (tertiary/aromatic N) is 3. The zero-order chi connectivity index (χ0) is 22.9. The van der Waals surface area contributed by atoms with Crippen molar-refractivity contribution in [2.24, 2.45) is 4.99 Å². The first-order valence-electron chi connectivity index (χ1n) is 8.68. The molecule has 1 aliphatic rings. The lowest BCUT2D eigenvalue weighted by atomic mass is 10.2. The molecule has 2 aromatic rings. The van der Waals surface area contributed by atoms with Gasteiger partial charge in [0.2, 0.25) is 9.63 Å². The van der Waals surface area contributed by atoms with Gasteiger partial charge in [0, 0.05) is 17.8 Å². The van der Waals surface area contributed by atoms with Gasteiger partial charge in [-0.15, -0.1) is 11.6 Å². The number of hydrogen-bond acceptors (Lipinski definition) is 4. The molecule has 31 heavy (non-hydrogen) atoms. The van der Waals surface area contributed by atoms with Crippen LogP contribution in [0.25, 0.3) is 0 Å². The van der Waals surface area contributed by atoms with Gasteiger partial charge in [0.25, 0.3) is 5.91 Å². The first-order valence-corrected chi connectivity index (χ1v) is 10.6. The van der Waals surface area contributed by atoms with E-state index in [1.165, 1.54) is 25.2 Å². The number of imide groups is 1. The Morgan fingerprint density at radius 1 is 1.06 bits per heavy atom. The summed E-state index contributed by atoms with van der Waals surface area (Å²) in [5.41, 5.74) is 0.343. The van der Waals surface area contributed by atoms with Crippen LogP contribution >= 0.6 is 58.0 Å². The van der Waals surface area contributed by atoms with E-state index < -0.39 is 33.1 Å². The summed E-state index contributed by atoms with van der Waals surface area (Å²) in [5, 5.41) is 2.15. The van der Waals surface area contributed by atoms with Gasteiger partial charge in [-0.05, 0) is 36.4 Å². The molecule has 2 aromatic carbocycles. The number of halogens is 6. The molecule has 3 amide bonds. The van der Waals surface area contributed by atoms with E-state index in [0.717, 1.165) is 15.9 Å². The Morgan fingerprint density at radius 2 is 1.68 bits per heavy atom. The minimum Gasteiger partial charge on any atom is -0.362 e. The van der Waals surface area contributed by atoms with Crippen molar-refractivity contribution >= 4 is 87.2 Å². The highest BCUT2D eigenvalue weighted by atomic mass is 35.6. The SMILES string of the molecule is CN1C(=O)C(=NC(Nc2ccc(Cl)cc2)C(Cl)C(Cl)(Cl)Cl)N(c2ccccc2F)C1=O. The number of alkyl halides is 4. The van der Waals surface area contributed by atoms with Crippen LogP contribution in [0, 0.1) is 5.82 Å². The van der Waals surface area contributed by atoms with Crippen LogP contribution in [0.15, 0.2) is 53.5 Å². The summed E-state index contributed by atoms with van der Waals surface area (Å²) in [5.74, 6) is -1.88. The molecular weight excluding hydrogens is 512 g/mol. The van der Waals surface area contributed by atoms with Gasteiger partial charge in [0.1, 0.15) is 17.4 Å². The average molecular weight is 527 g/mol. The molecule has 0 radical (unpaired) electrons. The molecule has 164 valence electrons. The van der Waals surface area contributed by atoms with Crippen molar-refractivity contribution in [3.05, 3.63) is 59.4 Å². The van der Waals surface area contributed by atoms with E-state index in [9.17, 15) is 14.0 Å². The van der Waals surface area contributed by atoms with Crippen molar-refractivity contribution in [3.63, 3.8) is 0 Å². The third kappa shape index (κ3) is 5.18. The molecule has 2 atom stereocenters. The molecular formula is C19H14Cl5FN4O2. The molecule has 6 nitrogen and oxygen atoms in total. The Bertz CT molecular complexity index is 1030. The number of amidine groups is 1. The third-order valence-electron chi connectivity index (χ3n) is 4.29. The molecule has 0 aromatic heterocycles. The van der Waals surface area contributed by atoms with Gasteiger partial charge < -0.3 is 5.32 Å². The number of hydrogen-bond donors (Lipinski definition) is 1. The van der Waals surface area contributed by atoms with E-state index >= 15 is 0 Å². The summed E-state index contributed by atoms with van der Waals surface area (Å²) in [7, 11) is 1.25. The molecule has 3 rings (SSSR count). The first kappa shape index (κ1) is 23.9. The molecule has 1 fully saturated rings. The molecule has 1 aliphatic heterocycles. The second kappa shape index (κ2) is 9.38. The van der Waals surface area contributed by atoms with Crippen LogP contribution in [-0.2, 0) is 4.79 Å². The minimum absolute atomic E-state index is 0.158. The Morgan fingerprint density at radius 3 is 2.26 bits per heavy atom.